The number of carbonyl (C=O) groups excluding carboxylic acids is 1. The van der Waals surface area contributed by atoms with Crippen molar-refractivity contribution < 1.29 is 14.6 Å². The van der Waals surface area contributed by atoms with Crippen LogP contribution in [0.1, 0.15) is 25.5 Å². The lowest BCUT2D eigenvalue weighted by molar-refractivity contribution is 0.119. The minimum atomic E-state index is -0.247. The third kappa shape index (κ3) is 4.22. The van der Waals surface area contributed by atoms with Crippen molar-refractivity contribution in [3.63, 3.8) is 0 Å². The molecule has 0 spiro atoms. The van der Waals surface area contributed by atoms with E-state index in [0.29, 0.717) is 5.69 Å². The van der Waals surface area contributed by atoms with Crippen LogP contribution in [0.2, 0.25) is 0 Å². The smallest absolute Gasteiger partial charge is 0.321 e. The number of benzene rings is 1. The second-order valence-electron chi connectivity index (χ2n) is 4.58. The molecule has 0 aromatic heterocycles. The third-order valence-electron chi connectivity index (χ3n) is 3.21. The van der Waals surface area contributed by atoms with Gasteiger partial charge in [0.1, 0.15) is 0 Å². The minimum absolute atomic E-state index is 0.0223. The van der Waals surface area contributed by atoms with E-state index in [4.69, 9.17) is 9.84 Å². The van der Waals surface area contributed by atoms with Gasteiger partial charge in [-0.2, -0.15) is 0 Å². The monoisotopic (exact) mass is 266 g/mol. The molecule has 1 rings (SSSR count). The van der Waals surface area contributed by atoms with Gasteiger partial charge < -0.3 is 20.1 Å². The van der Waals surface area contributed by atoms with E-state index in [1.165, 1.54) is 4.90 Å². The molecule has 0 radical (unpaired) electrons. The molecule has 0 aliphatic rings. The van der Waals surface area contributed by atoms with E-state index < -0.39 is 0 Å². The third-order valence-corrected chi connectivity index (χ3v) is 3.21. The molecule has 2 amide bonds. The van der Waals surface area contributed by atoms with E-state index in [2.05, 4.69) is 5.32 Å². The molecular formula is C14H22N2O3. The molecule has 2 N–H and O–H groups in total. The molecule has 2 atom stereocenters. The Bertz CT molecular complexity index is 423. The van der Waals surface area contributed by atoms with E-state index in [1.54, 1.807) is 21.1 Å². The summed E-state index contributed by atoms with van der Waals surface area (Å²) in [5, 5.41) is 11.8. The number of nitrogens with one attached hydrogen (secondary N) is 1. The highest BCUT2D eigenvalue weighted by atomic mass is 16.5. The van der Waals surface area contributed by atoms with Crippen molar-refractivity contribution in [3.05, 3.63) is 29.8 Å². The second kappa shape index (κ2) is 7.11. The van der Waals surface area contributed by atoms with Gasteiger partial charge in [-0.05, 0) is 31.5 Å². The summed E-state index contributed by atoms with van der Waals surface area (Å²) in [5.74, 6) is 0. The SMILES string of the molecule is COC(C)c1cccc(NC(=O)N(C)C(C)CO)c1. The van der Waals surface area contributed by atoms with Crippen molar-refractivity contribution in [2.24, 2.45) is 0 Å². The van der Waals surface area contributed by atoms with Gasteiger partial charge in [-0.3, -0.25) is 0 Å². The van der Waals surface area contributed by atoms with E-state index in [0.717, 1.165) is 5.56 Å². The maximum absolute atomic E-state index is 11.9. The van der Waals surface area contributed by atoms with Gasteiger partial charge >= 0.3 is 6.03 Å². The lowest BCUT2D eigenvalue weighted by Gasteiger charge is -2.23. The number of methoxy groups -OCH3 is 1. The number of nitrogens with zero attached hydrogens (tertiary/aromatic N) is 1. The molecular weight excluding hydrogens is 244 g/mol. The van der Waals surface area contributed by atoms with Crippen molar-refractivity contribution in [1.29, 1.82) is 0 Å². The summed E-state index contributed by atoms with van der Waals surface area (Å²) in [6, 6.07) is 7.05. The molecule has 0 aliphatic heterocycles. The maximum atomic E-state index is 11.9. The Morgan fingerprint density at radius 3 is 2.74 bits per heavy atom. The number of ether oxygens (including phenoxy) is 1. The molecule has 2 unspecified atom stereocenters. The number of anilines is 1. The van der Waals surface area contributed by atoms with E-state index >= 15 is 0 Å². The van der Waals surface area contributed by atoms with Gasteiger partial charge in [-0.1, -0.05) is 12.1 Å². The predicted molar refractivity (Wildman–Crippen MR) is 75.2 cm³/mol. The van der Waals surface area contributed by atoms with Crippen LogP contribution in [0.3, 0.4) is 0 Å². The van der Waals surface area contributed by atoms with Crippen molar-refractivity contribution in [2.75, 3.05) is 26.1 Å². The van der Waals surface area contributed by atoms with Gasteiger partial charge in [0, 0.05) is 19.8 Å². The fourth-order valence-electron chi connectivity index (χ4n) is 1.54. The summed E-state index contributed by atoms with van der Waals surface area (Å²) in [6.45, 7) is 3.66. The normalized spacial score (nSPS) is 13.7. The van der Waals surface area contributed by atoms with Crippen molar-refractivity contribution >= 4 is 11.7 Å². The number of rotatable bonds is 5. The quantitative estimate of drug-likeness (QED) is 0.859. The van der Waals surface area contributed by atoms with E-state index in [-0.39, 0.29) is 24.8 Å². The molecule has 1 aromatic carbocycles. The average molecular weight is 266 g/mol. The fourth-order valence-corrected chi connectivity index (χ4v) is 1.54. The molecule has 0 saturated heterocycles. The van der Waals surface area contributed by atoms with Gasteiger partial charge in [-0.15, -0.1) is 0 Å². The highest BCUT2D eigenvalue weighted by molar-refractivity contribution is 5.89. The standard InChI is InChI=1S/C14H22N2O3/c1-10(9-17)16(3)14(18)15-13-7-5-6-12(8-13)11(2)19-4/h5-8,10-11,17H,9H2,1-4H3,(H,15,18). The van der Waals surface area contributed by atoms with Crippen LogP contribution in [0.4, 0.5) is 10.5 Å². The number of hydrogen-bond acceptors (Lipinski definition) is 3. The Morgan fingerprint density at radius 1 is 1.47 bits per heavy atom. The maximum Gasteiger partial charge on any atom is 0.321 e. The zero-order chi connectivity index (χ0) is 14.4. The van der Waals surface area contributed by atoms with Crippen LogP contribution in [-0.2, 0) is 4.74 Å². The number of aliphatic hydroxyl groups is 1. The highest BCUT2D eigenvalue weighted by Crippen LogP contribution is 2.19. The molecule has 0 bridgehead atoms. The van der Waals surface area contributed by atoms with Gasteiger partial charge in [-0.25, -0.2) is 4.79 Å². The van der Waals surface area contributed by atoms with Crippen LogP contribution < -0.4 is 5.32 Å². The van der Waals surface area contributed by atoms with Crippen LogP contribution in [0.5, 0.6) is 0 Å². The average Bonchev–Trinajstić information content (AvgIpc) is 2.44. The fraction of sp³-hybridized carbons (Fsp3) is 0.500. The molecule has 1 aromatic rings. The Morgan fingerprint density at radius 2 is 2.16 bits per heavy atom. The zero-order valence-corrected chi connectivity index (χ0v) is 11.9. The molecule has 106 valence electrons. The van der Waals surface area contributed by atoms with Gasteiger partial charge in [0.15, 0.2) is 0 Å². The molecule has 0 aliphatic carbocycles. The van der Waals surface area contributed by atoms with Crippen LogP contribution in [0.25, 0.3) is 0 Å². The number of likely N-dealkylation sites (N-methyl/N-ethyl adjacent to an activating group) is 1. The summed E-state index contributed by atoms with van der Waals surface area (Å²) < 4.78 is 5.24. The van der Waals surface area contributed by atoms with Crippen LogP contribution in [-0.4, -0.2) is 42.8 Å². The lowest BCUT2D eigenvalue weighted by atomic mass is 10.1. The van der Waals surface area contributed by atoms with Crippen molar-refractivity contribution in [2.45, 2.75) is 26.0 Å². The first-order valence-electron chi connectivity index (χ1n) is 6.27. The van der Waals surface area contributed by atoms with Crippen LogP contribution in [0.15, 0.2) is 24.3 Å². The number of carbonyl (C=O) groups is 1. The summed E-state index contributed by atoms with van der Waals surface area (Å²) >= 11 is 0. The Labute approximate surface area is 114 Å². The van der Waals surface area contributed by atoms with Gasteiger partial charge in [0.2, 0.25) is 0 Å². The van der Waals surface area contributed by atoms with Gasteiger partial charge in [0.25, 0.3) is 0 Å². The topological polar surface area (TPSA) is 61.8 Å². The Kier molecular flexibility index (Phi) is 5.79. The summed E-state index contributed by atoms with van der Waals surface area (Å²) in [7, 11) is 3.30. The van der Waals surface area contributed by atoms with Crippen molar-refractivity contribution in [3.8, 4) is 0 Å². The first-order chi connectivity index (χ1) is 8.99. The summed E-state index contributed by atoms with van der Waals surface area (Å²) in [5.41, 5.74) is 1.71. The van der Waals surface area contributed by atoms with E-state index in [9.17, 15) is 4.79 Å². The summed E-state index contributed by atoms with van der Waals surface area (Å²) in [4.78, 5) is 13.4. The molecule has 5 nitrogen and oxygen atoms in total. The molecule has 0 fully saturated rings. The van der Waals surface area contributed by atoms with Crippen molar-refractivity contribution in [1.82, 2.24) is 4.90 Å². The van der Waals surface area contributed by atoms with Crippen LogP contribution >= 0.6 is 0 Å². The molecule has 0 heterocycles. The number of urea groups is 1. The molecule has 19 heavy (non-hydrogen) atoms. The largest absolute Gasteiger partial charge is 0.394 e. The lowest BCUT2D eigenvalue weighted by Crippen LogP contribution is -2.40. The first-order valence-corrected chi connectivity index (χ1v) is 6.27. The highest BCUT2D eigenvalue weighted by Gasteiger charge is 2.15. The Balaban J connectivity index is 2.74. The number of hydrogen-bond donors (Lipinski definition) is 2. The van der Waals surface area contributed by atoms with Gasteiger partial charge in [0.05, 0.1) is 18.8 Å². The number of aliphatic hydroxyl groups excluding tert-OH is 1. The van der Waals surface area contributed by atoms with Crippen LogP contribution in [0, 0.1) is 0 Å². The minimum Gasteiger partial charge on any atom is -0.394 e. The predicted octanol–water partition coefficient (Wildman–Crippen LogP) is 2.24. The number of amides is 2. The molecule has 0 saturated carbocycles. The zero-order valence-electron chi connectivity index (χ0n) is 11.9. The first kappa shape index (κ1) is 15.5. The molecule has 5 heteroatoms. The Hall–Kier alpha value is -1.59. The van der Waals surface area contributed by atoms with E-state index in [1.807, 2.05) is 31.2 Å². The summed E-state index contributed by atoms with van der Waals surface area (Å²) in [6.07, 6.45) is -0.0223. The second-order valence-corrected chi connectivity index (χ2v) is 4.58.